The molecule has 0 radical (unpaired) electrons. The molecule has 0 aliphatic carbocycles. The number of thiophene rings is 1. The van der Waals surface area contributed by atoms with Gasteiger partial charge in [0.25, 0.3) is 5.91 Å². The van der Waals surface area contributed by atoms with Gasteiger partial charge in [-0.2, -0.15) is 0 Å². The molecule has 1 aromatic heterocycles. The van der Waals surface area contributed by atoms with Gasteiger partial charge in [-0.05, 0) is 83.3 Å². The standard InChI is InChI=1S/C32H44N8O4S/c1-22(27(41)36-25-20-23(9-10-24(25)33)26-8-7-19-45-26)21-35-28(34-6)37-32(5)11-13-38(14-12-32)29(42)39-15-17-40(18-16-39)30(43)44-31(2,3)4/h7-10,19-21H,6,11-18,33H2,1-5H3,(H,35,37)(H,36,41)/b22-21+. The van der Waals surface area contributed by atoms with E-state index < -0.39 is 11.1 Å². The highest BCUT2D eigenvalue weighted by Crippen LogP contribution is 2.30. The molecule has 0 bridgehead atoms. The molecule has 4 N–H and O–H groups in total. The number of rotatable bonds is 5. The molecule has 0 unspecified atom stereocenters. The molecular weight excluding hydrogens is 592 g/mol. The van der Waals surface area contributed by atoms with E-state index in [1.54, 1.807) is 40.3 Å². The molecule has 2 saturated heterocycles. The van der Waals surface area contributed by atoms with Gasteiger partial charge < -0.3 is 35.8 Å². The van der Waals surface area contributed by atoms with Crippen LogP contribution in [-0.4, -0.2) is 95.8 Å². The summed E-state index contributed by atoms with van der Waals surface area (Å²) in [6.07, 6.45) is 2.47. The number of anilines is 2. The Morgan fingerprint density at radius 1 is 1.04 bits per heavy atom. The number of piperidine rings is 1. The van der Waals surface area contributed by atoms with Gasteiger partial charge in [0.15, 0.2) is 0 Å². The van der Waals surface area contributed by atoms with Crippen molar-refractivity contribution in [2.45, 2.75) is 58.6 Å². The van der Waals surface area contributed by atoms with E-state index in [9.17, 15) is 14.4 Å². The van der Waals surface area contributed by atoms with E-state index in [0.717, 1.165) is 10.4 Å². The molecule has 2 aromatic rings. The van der Waals surface area contributed by atoms with Crippen LogP contribution in [0.1, 0.15) is 47.5 Å². The summed E-state index contributed by atoms with van der Waals surface area (Å²) in [4.78, 5) is 53.7. The minimum absolute atomic E-state index is 0.0313. The number of hydrogen-bond acceptors (Lipinski definition) is 7. The number of carbonyl (C=O) groups excluding carboxylic acids is 3. The van der Waals surface area contributed by atoms with Gasteiger partial charge in [0.05, 0.1) is 16.9 Å². The van der Waals surface area contributed by atoms with Crippen LogP contribution in [0, 0.1) is 0 Å². The summed E-state index contributed by atoms with van der Waals surface area (Å²) < 4.78 is 5.45. The van der Waals surface area contributed by atoms with E-state index in [1.807, 2.05) is 62.2 Å². The zero-order valence-corrected chi connectivity index (χ0v) is 27.6. The molecule has 12 nitrogen and oxygen atoms in total. The molecule has 3 heterocycles. The van der Waals surface area contributed by atoms with E-state index in [4.69, 9.17) is 15.5 Å². The molecule has 2 fully saturated rings. The number of likely N-dealkylation sites (tertiary alicyclic amines) is 1. The molecule has 0 atom stereocenters. The Bertz CT molecular complexity index is 1450. The highest BCUT2D eigenvalue weighted by molar-refractivity contribution is 7.13. The lowest BCUT2D eigenvalue weighted by atomic mass is 9.90. The van der Waals surface area contributed by atoms with Crippen molar-refractivity contribution in [1.29, 1.82) is 0 Å². The number of urea groups is 1. The minimum atomic E-state index is -0.556. The van der Waals surface area contributed by atoms with Gasteiger partial charge in [-0.15, -0.1) is 11.3 Å². The summed E-state index contributed by atoms with van der Waals surface area (Å²) in [5, 5.41) is 7.89. The maximum absolute atomic E-state index is 13.2. The van der Waals surface area contributed by atoms with Crippen molar-refractivity contribution < 1.29 is 19.1 Å². The van der Waals surface area contributed by atoms with Crippen LogP contribution in [0.25, 0.3) is 10.4 Å². The highest BCUT2D eigenvalue weighted by atomic mass is 32.1. The third kappa shape index (κ3) is 9.07. The summed E-state index contributed by atoms with van der Waals surface area (Å²) in [5.74, 6) is -0.0206. The number of guanidine groups is 1. The fourth-order valence-corrected chi connectivity index (χ4v) is 5.71. The topological polar surface area (TPSA) is 145 Å². The Morgan fingerprint density at radius 2 is 1.69 bits per heavy atom. The fourth-order valence-electron chi connectivity index (χ4n) is 4.99. The van der Waals surface area contributed by atoms with Gasteiger partial charge in [-0.1, -0.05) is 12.1 Å². The molecule has 4 rings (SSSR count). The molecule has 1 aromatic carbocycles. The SMILES string of the molecule is C=NC(=NC1(C)CCN(C(=O)N2CCN(C(=O)OC(C)(C)C)CC2)CC1)N/C=C(\C)C(=O)Nc1cc(-c2cccs2)ccc1N. The first-order valence-electron chi connectivity index (χ1n) is 15.0. The average Bonchev–Trinajstić information content (AvgIpc) is 3.54. The number of benzene rings is 1. The number of nitrogen functional groups attached to an aromatic ring is 1. The first kappa shape index (κ1) is 33.5. The molecule has 2 aliphatic heterocycles. The lowest BCUT2D eigenvalue weighted by Gasteiger charge is -2.41. The molecule has 45 heavy (non-hydrogen) atoms. The van der Waals surface area contributed by atoms with Crippen molar-refractivity contribution in [1.82, 2.24) is 20.0 Å². The third-order valence-corrected chi connectivity index (χ3v) is 8.64. The van der Waals surface area contributed by atoms with Crippen LogP contribution < -0.4 is 16.4 Å². The number of nitrogens with one attached hydrogen (secondary N) is 2. The van der Waals surface area contributed by atoms with E-state index in [2.05, 4.69) is 22.3 Å². The van der Waals surface area contributed by atoms with E-state index in [0.29, 0.717) is 75.0 Å². The summed E-state index contributed by atoms with van der Waals surface area (Å²) in [7, 11) is 0. The third-order valence-electron chi connectivity index (χ3n) is 7.72. The van der Waals surface area contributed by atoms with Crippen LogP contribution in [0.4, 0.5) is 21.0 Å². The predicted octanol–water partition coefficient (Wildman–Crippen LogP) is 5.01. The first-order valence-corrected chi connectivity index (χ1v) is 15.9. The molecule has 2 aliphatic rings. The maximum Gasteiger partial charge on any atom is 0.410 e. The van der Waals surface area contributed by atoms with Gasteiger partial charge >= 0.3 is 12.1 Å². The highest BCUT2D eigenvalue weighted by Gasteiger charge is 2.35. The molecule has 242 valence electrons. The van der Waals surface area contributed by atoms with Crippen molar-refractivity contribution in [3.05, 3.63) is 47.5 Å². The number of aliphatic imine (C=N–C) groups is 2. The van der Waals surface area contributed by atoms with Crippen LogP contribution in [0.5, 0.6) is 0 Å². The largest absolute Gasteiger partial charge is 0.444 e. The lowest BCUT2D eigenvalue weighted by molar-refractivity contribution is -0.112. The Labute approximate surface area is 269 Å². The number of ether oxygens (including phenoxy) is 1. The Balaban J connectivity index is 1.28. The Kier molecular flexibility index (Phi) is 10.5. The number of amides is 4. The van der Waals surface area contributed by atoms with Crippen LogP contribution in [0.3, 0.4) is 0 Å². The second-order valence-corrected chi connectivity index (χ2v) is 13.5. The maximum atomic E-state index is 13.2. The molecule has 0 saturated carbocycles. The monoisotopic (exact) mass is 636 g/mol. The first-order chi connectivity index (χ1) is 21.3. The van der Waals surface area contributed by atoms with Crippen molar-refractivity contribution in [3.63, 3.8) is 0 Å². The zero-order valence-electron chi connectivity index (χ0n) is 26.8. The summed E-state index contributed by atoms with van der Waals surface area (Å²) in [6, 6.07) is 9.52. The number of nitrogens with zero attached hydrogens (tertiary/aromatic N) is 5. The second-order valence-electron chi connectivity index (χ2n) is 12.5. The summed E-state index contributed by atoms with van der Waals surface area (Å²) in [5.41, 5.74) is 7.49. The van der Waals surface area contributed by atoms with Crippen molar-refractivity contribution >= 4 is 53.4 Å². The van der Waals surface area contributed by atoms with E-state index in [1.165, 1.54) is 0 Å². The van der Waals surface area contributed by atoms with E-state index >= 15 is 0 Å². The molecular formula is C32H44N8O4S. The lowest BCUT2D eigenvalue weighted by Crippen LogP contribution is -2.56. The number of hydrogen-bond donors (Lipinski definition) is 3. The molecule has 13 heteroatoms. The smallest absolute Gasteiger partial charge is 0.410 e. The number of piperazine rings is 1. The van der Waals surface area contributed by atoms with Crippen LogP contribution in [-0.2, 0) is 9.53 Å². The van der Waals surface area contributed by atoms with Crippen LogP contribution in [0.2, 0.25) is 0 Å². The molecule has 0 spiro atoms. The van der Waals surface area contributed by atoms with Crippen LogP contribution in [0.15, 0.2) is 57.5 Å². The molecule has 4 amide bonds. The Hall–Kier alpha value is -4.39. The quantitative estimate of drug-likeness (QED) is 0.182. The number of carbonyl (C=O) groups is 3. The zero-order chi connectivity index (χ0) is 32.8. The van der Waals surface area contributed by atoms with Gasteiger partial charge in [0, 0.05) is 55.9 Å². The average molecular weight is 637 g/mol. The van der Waals surface area contributed by atoms with Crippen molar-refractivity contribution in [2.75, 3.05) is 50.3 Å². The normalized spacial score (nSPS) is 17.5. The van der Waals surface area contributed by atoms with Crippen molar-refractivity contribution in [2.24, 2.45) is 9.98 Å². The van der Waals surface area contributed by atoms with E-state index in [-0.39, 0.29) is 18.0 Å². The number of nitrogens with two attached hydrogens (primary N) is 1. The van der Waals surface area contributed by atoms with Gasteiger partial charge in [0.2, 0.25) is 5.96 Å². The van der Waals surface area contributed by atoms with Gasteiger partial charge in [-0.25, -0.2) is 19.6 Å². The minimum Gasteiger partial charge on any atom is -0.444 e. The van der Waals surface area contributed by atoms with Gasteiger partial charge in [0.1, 0.15) is 5.60 Å². The fraction of sp³-hybridized carbons (Fsp3) is 0.469. The second kappa shape index (κ2) is 14.1. The van der Waals surface area contributed by atoms with Crippen LogP contribution >= 0.6 is 11.3 Å². The Morgan fingerprint density at radius 3 is 2.29 bits per heavy atom. The van der Waals surface area contributed by atoms with Crippen molar-refractivity contribution in [3.8, 4) is 10.4 Å². The summed E-state index contributed by atoms with van der Waals surface area (Å²) >= 11 is 1.61. The predicted molar refractivity (Wildman–Crippen MR) is 181 cm³/mol. The summed E-state index contributed by atoms with van der Waals surface area (Å²) in [6.45, 7) is 15.7. The van der Waals surface area contributed by atoms with Gasteiger partial charge in [-0.3, -0.25) is 4.79 Å².